The van der Waals surface area contributed by atoms with Crippen molar-refractivity contribution in [1.82, 2.24) is 4.90 Å². The molecule has 2 aromatic carbocycles. The van der Waals surface area contributed by atoms with E-state index >= 15 is 0 Å². The first kappa shape index (κ1) is 16.2. The van der Waals surface area contributed by atoms with Crippen LogP contribution in [0.25, 0.3) is 0 Å². The number of amides is 1. The molecule has 0 bridgehead atoms. The minimum Gasteiger partial charge on any atom is -0.397 e. The predicted molar refractivity (Wildman–Crippen MR) is 99.3 cm³/mol. The Morgan fingerprint density at radius 3 is 2.33 bits per heavy atom. The molecule has 3 rings (SSSR count). The van der Waals surface area contributed by atoms with Crippen LogP contribution in [-0.4, -0.2) is 37.0 Å². The highest BCUT2D eigenvalue weighted by Gasteiger charge is 2.23. The molecule has 0 aromatic heterocycles. The fraction of sp³-hybridized carbons (Fsp3) is 0.316. The third kappa shape index (κ3) is 3.02. The maximum Gasteiger partial charge on any atom is 0.254 e. The molecule has 126 valence electrons. The summed E-state index contributed by atoms with van der Waals surface area (Å²) in [6, 6.07) is 11.5. The van der Waals surface area contributed by atoms with Crippen LogP contribution in [-0.2, 0) is 0 Å². The highest BCUT2D eigenvalue weighted by Crippen LogP contribution is 2.24. The van der Waals surface area contributed by atoms with E-state index in [9.17, 15) is 4.79 Å². The lowest BCUT2D eigenvalue weighted by molar-refractivity contribution is 0.0747. The molecule has 0 atom stereocenters. The van der Waals surface area contributed by atoms with Gasteiger partial charge in [-0.3, -0.25) is 4.79 Å². The van der Waals surface area contributed by atoms with Crippen LogP contribution in [0.1, 0.15) is 21.5 Å². The summed E-state index contributed by atoms with van der Waals surface area (Å²) in [5, 5.41) is 0. The predicted octanol–water partition coefficient (Wildman–Crippen LogP) is 2.43. The Morgan fingerprint density at radius 2 is 1.67 bits per heavy atom. The van der Waals surface area contributed by atoms with Gasteiger partial charge < -0.3 is 21.3 Å². The van der Waals surface area contributed by atoms with Gasteiger partial charge in [0.05, 0.1) is 11.4 Å². The molecule has 0 radical (unpaired) electrons. The van der Waals surface area contributed by atoms with Crippen molar-refractivity contribution in [3.05, 3.63) is 53.1 Å². The first-order chi connectivity index (χ1) is 11.5. The van der Waals surface area contributed by atoms with Gasteiger partial charge in [-0.15, -0.1) is 0 Å². The normalized spacial score (nSPS) is 14.8. The summed E-state index contributed by atoms with van der Waals surface area (Å²) in [7, 11) is 0. The summed E-state index contributed by atoms with van der Waals surface area (Å²) in [4.78, 5) is 16.9. The van der Waals surface area contributed by atoms with Gasteiger partial charge in [0, 0.05) is 37.4 Å². The van der Waals surface area contributed by atoms with Gasteiger partial charge in [-0.2, -0.15) is 0 Å². The van der Waals surface area contributed by atoms with Gasteiger partial charge in [-0.25, -0.2) is 0 Å². The lowest BCUT2D eigenvalue weighted by Crippen LogP contribution is -2.49. The average molecular weight is 324 g/mol. The number of anilines is 3. The fourth-order valence-corrected chi connectivity index (χ4v) is 3.12. The van der Waals surface area contributed by atoms with Crippen molar-refractivity contribution in [2.45, 2.75) is 13.8 Å². The zero-order valence-corrected chi connectivity index (χ0v) is 14.2. The monoisotopic (exact) mass is 324 g/mol. The zero-order chi connectivity index (χ0) is 17.3. The molecule has 5 heteroatoms. The third-order valence-corrected chi connectivity index (χ3v) is 4.82. The quantitative estimate of drug-likeness (QED) is 0.832. The van der Waals surface area contributed by atoms with Crippen LogP contribution in [0.5, 0.6) is 0 Å². The third-order valence-electron chi connectivity index (χ3n) is 4.82. The molecular formula is C19H24N4O. The van der Waals surface area contributed by atoms with Crippen LogP contribution in [0, 0.1) is 13.8 Å². The van der Waals surface area contributed by atoms with Crippen molar-refractivity contribution in [1.29, 1.82) is 0 Å². The van der Waals surface area contributed by atoms with E-state index in [0.29, 0.717) is 30.0 Å². The molecule has 1 saturated heterocycles. The van der Waals surface area contributed by atoms with Crippen molar-refractivity contribution < 1.29 is 4.79 Å². The standard InChI is InChI=1S/C19H24N4O/c1-13-4-3-5-18(14(13)2)22-8-10-23(11-9-22)19(24)15-6-7-16(20)17(21)12-15/h3-7,12H,8-11,20-21H2,1-2H3. The number of hydrogen-bond donors (Lipinski definition) is 2. The number of hydrogen-bond acceptors (Lipinski definition) is 4. The Morgan fingerprint density at radius 1 is 0.958 bits per heavy atom. The Balaban J connectivity index is 1.69. The molecule has 1 heterocycles. The summed E-state index contributed by atoms with van der Waals surface area (Å²) in [6.07, 6.45) is 0. The van der Waals surface area contributed by atoms with Crippen molar-refractivity contribution in [3.63, 3.8) is 0 Å². The van der Waals surface area contributed by atoms with E-state index in [1.807, 2.05) is 4.90 Å². The van der Waals surface area contributed by atoms with Crippen LogP contribution in [0.4, 0.5) is 17.1 Å². The Kier molecular flexibility index (Phi) is 4.34. The van der Waals surface area contributed by atoms with E-state index in [-0.39, 0.29) is 5.91 Å². The van der Waals surface area contributed by atoms with E-state index in [1.54, 1.807) is 18.2 Å². The second kappa shape index (κ2) is 6.43. The van der Waals surface area contributed by atoms with Gasteiger partial charge in [-0.1, -0.05) is 12.1 Å². The number of nitrogens with zero attached hydrogens (tertiary/aromatic N) is 2. The number of piperazine rings is 1. The second-order valence-corrected chi connectivity index (χ2v) is 6.34. The summed E-state index contributed by atoms with van der Waals surface area (Å²) in [5.74, 6) is 0.0160. The fourth-order valence-electron chi connectivity index (χ4n) is 3.12. The number of rotatable bonds is 2. The molecule has 2 aromatic rings. The van der Waals surface area contributed by atoms with Crippen LogP contribution < -0.4 is 16.4 Å². The highest BCUT2D eigenvalue weighted by molar-refractivity contribution is 5.96. The molecule has 0 unspecified atom stereocenters. The van der Waals surface area contributed by atoms with Gasteiger partial charge in [0.1, 0.15) is 0 Å². The molecule has 1 fully saturated rings. The van der Waals surface area contributed by atoms with Crippen molar-refractivity contribution in [2.75, 3.05) is 42.5 Å². The van der Waals surface area contributed by atoms with Gasteiger partial charge in [-0.05, 0) is 49.2 Å². The molecule has 0 spiro atoms. The van der Waals surface area contributed by atoms with Gasteiger partial charge in [0.15, 0.2) is 0 Å². The molecule has 5 nitrogen and oxygen atoms in total. The maximum atomic E-state index is 12.6. The number of aryl methyl sites for hydroxylation is 1. The summed E-state index contributed by atoms with van der Waals surface area (Å²) in [5.41, 5.74) is 17.0. The van der Waals surface area contributed by atoms with E-state index in [4.69, 9.17) is 11.5 Å². The topological polar surface area (TPSA) is 75.6 Å². The number of carbonyl (C=O) groups excluding carboxylic acids is 1. The minimum absolute atomic E-state index is 0.0160. The van der Waals surface area contributed by atoms with Crippen LogP contribution >= 0.6 is 0 Å². The van der Waals surface area contributed by atoms with E-state index in [0.717, 1.165) is 13.1 Å². The largest absolute Gasteiger partial charge is 0.397 e. The van der Waals surface area contributed by atoms with Crippen LogP contribution in [0.15, 0.2) is 36.4 Å². The molecule has 1 aliphatic rings. The highest BCUT2D eigenvalue weighted by atomic mass is 16.2. The summed E-state index contributed by atoms with van der Waals surface area (Å²) in [6.45, 7) is 7.36. The summed E-state index contributed by atoms with van der Waals surface area (Å²) < 4.78 is 0. The molecule has 4 N–H and O–H groups in total. The zero-order valence-electron chi connectivity index (χ0n) is 14.2. The number of benzene rings is 2. The average Bonchev–Trinajstić information content (AvgIpc) is 2.59. The first-order valence-corrected chi connectivity index (χ1v) is 8.23. The molecule has 1 amide bonds. The van der Waals surface area contributed by atoms with Crippen molar-refractivity contribution in [3.8, 4) is 0 Å². The van der Waals surface area contributed by atoms with Gasteiger partial charge in [0.2, 0.25) is 0 Å². The summed E-state index contributed by atoms with van der Waals surface area (Å²) >= 11 is 0. The Hall–Kier alpha value is -2.69. The maximum absolute atomic E-state index is 12.6. The molecule has 0 aliphatic carbocycles. The lowest BCUT2D eigenvalue weighted by atomic mass is 10.1. The van der Waals surface area contributed by atoms with Crippen LogP contribution in [0.3, 0.4) is 0 Å². The molecular weight excluding hydrogens is 300 g/mol. The molecule has 1 aliphatic heterocycles. The Labute approximate surface area is 142 Å². The molecule has 24 heavy (non-hydrogen) atoms. The SMILES string of the molecule is Cc1cccc(N2CCN(C(=O)c3ccc(N)c(N)c3)CC2)c1C. The molecule has 0 saturated carbocycles. The first-order valence-electron chi connectivity index (χ1n) is 8.23. The minimum atomic E-state index is 0.0160. The van der Waals surface area contributed by atoms with E-state index < -0.39 is 0 Å². The second-order valence-electron chi connectivity index (χ2n) is 6.34. The number of carbonyl (C=O) groups is 1. The number of nitrogens with two attached hydrogens (primary N) is 2. The van der Waals surface area contributed by atoms with Crippen molar-refractivity contribution >= 4 is 23.0 Å². The van der Waals surface area contributed by atoms with Gasteiger partial charge >= 0.3 is 0 Å². The number of nitrogen functional groups attached to an aromatic ring is 2. The smallest absolute Gasteiger partial charge is 0.254 e. The van der Waals surface area contributed by atoms with Gasteiger partial charge in [0.25, 0.3) is 5.91 Å². The Bertz CT molecular complexity index is 764. The van der Waals surface area contributed by atoms with Crippen LogP contribution in [0.2, 0.25) is 0 Å². The van der Waals surface area contributed by atoms with E-state index in [1.165, 1.54) is 16.8 Å². The van der Waals surface area contributed by atoms with Crippen molar-refractivity contribution in [2.24, 2.45) is 0 Å². The lowest BCUT2D eigenvalue weighted by Gasteiger charge is -2.37. The van der Waals surface area contributed by atoms with E-state index in [2.05, 4.69) is 36.9 Å².